The highest BCUT2D eigenvalue weighted by Gasteiger charge is 2.16. The van der Waals surface area contributed by atoms with Crippen LogP contribution in [0.25, 0.3) is 6.08 Å². The van der Waals surface area contributed by atoms with Crippen LogP contribution in [-0.2, 0) is 0 Å². The van der Waals surface area contributed by atoms with Gasteiger partial charge in [0, 0.05) is 0 Å². The van der Waals surface area contributed by atoms with Gasteiger partial charge in [-0.3, -0.25) is 0 Å². The van der Waals surface area contributed by atoms with Crippen LogP contribution in [0.3, 0.4) is 0 Å². The first-order valence-electron chi connectivity index (χ1n) is 8.48. The topological polar surface area (TPSA) is 46.2 Å². The summed E-state index contributed by atoms with van der Waals surface area (Å²) in [4.78, 5) is 0. The molecule has 0 aliphatic heterocycles. The maximum atomic E-state index is 10.5. The highest BCUT2D eigenvalue weighted by Crippen LogP contribution is 2.23. The van der Waals surface area contributed by atoms with Gasteiger partial charge in [-0.2, -0.15) is 0 Å². The van der Waals surface area contributed by atoms with E-state index in [2.05, 4.69) is 65.8 Å². The minimum atomic E-state index is -0.716. The van der Waals surface area contributed by atoms with Crippen LogP contribution in [0.2, 0.25) is 0 Å². The van der Waals surface area contributed by atoms with Crippen LogP contribution in [0, 0.1) is 41.5 Å². The molecule has 2 aromatic rings. The van der Waals surface area contributed by atoms with Crippen molar-refractivity contribution in [2.24, 2.45) is 5.73 Å². The van der Waals surface area contributed by atoms with E-state index in [-0.39, 0.29) is 0 Å². The van der Waals surface area contributed by atoms with E-state index in [0.717, 1.165) is 11.1 Å². The van der Waals surface area contributed by atoms with E-state index < -0.39 is 12.1 Å². The van der Waals surface area contributed by atoms with E-state index in [1.165, 1.54) is 33.4 Å². The summed E-state index contributed by atoms with van der Waals surface area (Å²) in [6.45, 7) is 12.6. The fraction of sp³-hybridized carbons (Fsp3) is 0.364. The van der Waals surface area contributed by atoms with Crippen molar-refractivity contribution < 1.29 is 5.11 Å². The summed E-state index contributed by atoms with van der Waals surface area (Å²) in [7, 11) is 0. The van der Waals surface area contributed by atoms with Crippen molar-refractivity contribution >= 4 is 6.08 Å². The first kappa shape index (κ1) is 18.4. The number of hydrogen-bond donors (Lipinski definition) is 2. The quantitative estimate of drug-likeness (QED) is 0.863. The van der Waals surface area contributed by atoms with E-state index >= 15 is 0 Å². The van der Waals surface area contributed by atoms with Gasteiger partial charge in [-0.15, -0.1) is 0 Å². The Hall–Kier alpha value is -1.90. The summed E-state index contributed by atoms with van der Waals surface area (Å²) in [5.41, 5.74) is 15.8. The zero-order chi connectivity index (χ0) is 18.0. The van der Waals surface area contributed by atoms with Crippen LogP contribution in [0.5, 0.6) is 0 Å². The highest BCUT2D eigenvalue weighted by molar-refractivity contribution is 5.57. The maximum Gasteiger partial charge on any atom is 0.0916 e. The van der Waals surface area contributed by atoms with Gasteiger partial charge in [-0.05, 0) is 80.5 Å². The predicted molar refractivity (Wildman–Crippen MR) is 103 cm³/mol. The molecule has 0 aliphatic rings. The molecule has 24 heavy (non-hydrogen) atoms. The molecule has 128 valence electrons. The molecule has 0 amide bonds. The van der Waals surface area contributed by atoms with Crippen LogP contribution in [0.15, 0.2) is 30.3 Å². The fourth-order valence-corrected chi connectivity index (χ4v) is 3.03. The molecule has 0 radical (unpaired) electrons. The summed E-state index contributed by atoms with van der Waals surface area (Å²) >= 11 is 0. The maximum absolute atomic E-state index is 10.5. The fourth-order valence-electron chi connectivity index (χ4n) is 3.03. The molecule has 2 unspecified atom stereocenters. The smallest absolute Gasteiger partial charge is 0.0916 e. The minimum absolute atomic E-state index is 0.425. The molecule has 2 rings (SSSR count). The van der Waals surface area contributed by atoms with Gasteiger partial charge in [0.05, 0.1) is 12.1 Å². The van der Waals surface area contributed by atoms with Crippen LogP contribution in [0.1, 0.15) is 50.5 Å². The zero-order valence-corrected chi connectivity index (χ0v) is 15.6. The standard InChI is InChI=1S/C22H29NO/c1-13-9-14(2)18(6)19(10-13)7-8-21(24)22(23)20-11-15(3)17(5)16(4)12-20/h7-12,21-22,24H,23H2,1-6H3/b8-7+. The SMILES string of the molecule is Cc1cc(C)c(C)c(/C=C/C(O)C(N)c2cc(C)c(C)c(C)c2)c1. The Morgan fingerprint density at radius 2 is 1.38 bits per heavy atom. The third-order valence-corrected chi connectivity index (χ3v) is 5.03. The lowest BCUT2D eigenvalue weighted by atomic mass is 9.94. The van der Waals surface area contributed by atoms with Crippen LogP contribution < -0.4 is 5.73 Å². The molecule has 0 aromatic heterocycles. The number of nitrogens with two attached hydrogens (primary N) is 1. The van der Waals surface area contributed by atoms with Gasteiger partial charge < -0.3 is 10.8 Å². The molecule has 2 nitrogen and oxygen atoms in total. The molecule has 0 saturated carbocycles. The summed E-state index contributed by atoms with van der Waals surface area (Å²) in [6, 6.07) is 8.04. The molecular formula is C22H29NO. The largest absolute Gasteiger partial charge is 0.387 e. The third kappa shape index (κ3) is 3.95. The third-order valence-electron chi connectivity index (χ3n) is 5.03. The molecule has 0 spiro atoms. The summed E-state index contributed by atoms with van der Waals surface area (Å²) in [5, 5.41) is 10.5. The lowest BCUT2D eigenvalue weighted by Crippen LogP contribution is -2.24. The minimum Gasteiger partial charge on any atom is -0.387 e. The molecule has 0 aliphatic carbocycles. The first-order chi connectivity index (χ1) is 11.2. The molecule has 2 aromatic carbocycles. The van der Waals surface area contributed by atoms with Crippen molar-refractivity contribution in [3.8, 4) is 0 Å². The molecule has 0 saturated heterocycles. The van der Waals surface area contributed by atoms with E-state index in [1.54, 1.807) is 6.08 Å². The zero-order valence-electron chi connectivity index (χ0n) is 15.6. The average Bonchev–Trinajstić information content (AvgIpc) is 2.53. The Morgan fingerprint density at radius 1 is 0.833 bits per heavy atom. The van der Waals surface area contributed by atoms with Gasteiger partial charge in [0.2, 0.25) is 0 Å². The Morgan fingerprint density at radius 3 is 1.96 bits per heavy atom. The van der Waals surface area contributed by atoms with Crippen molar-refractivity contribution in [1.82, 2.24) is 0 Å². The average molecular weight is 323 g/mol. The Kier molecular flexibility index (Phi) is 5.63. The van der Waals surface area contributed by atoms with Gasteiger partial charge in [-0.25, -0.2) is 0 Å². The van der Waals surface area contributed by atoms with E-state index in [9.17, 15) is 5.11 Å². The Balaban J connectivity index is 2.25. The number of benzene rings is 2. The summed E-state index contributed by atoms with van der Waals surface area (Å²) < 4.78 is 0. The van der Waals surface area contributed by atoms with E-state index in [1.807, 2.05) is 6.08 Å². The summed E-state index contributed by atoms with van der Waals surface area (Å²) in [5.74, 6) is 0. The Labute approximate surface area is 146 Å². The number of aliphatic hydroxyl groups excluding tert-OH is 1. The number of hydrogen-bond acceptors (Lipinski definition) is 2. The van der Waals surface area contributed by atoms with Crippen molar-refractivity contribution in [2.45, 2.75) is 53.7 Å². The Bertz CT molecular complexity index is 751. The number of aryl methyl sites for hydroxylation is 4. The first-order valence-corrected chi connectivity index (χ1v) is 8.48. The van der Waals surface area contributed by atoms with E-state index in [4.69, 9.17) is 5.73 Å². The second-order valence-electron chi connectivity index (χ2n) is 6.95. The predicted octanol–water partition coefficient (Wildman–Crippen LogP) is 4.61. The van der Waals surface area contributed by atoms with Crippen LogP contribution in [-0.4, -0.2) is 11.2 Å². The van der Waals surface area contributed by atoms with Crippen molar-refractivity contribution in [1.29, 1.82) is 0 Å². The molecule has 3 N–H and O–H groups in total. The van der Waals surface area contributed by atoms with Crippen molar-refractivity contribution in [3.63, 3.8) is 0 Å². The number of rotatable bonds is 4. The monoisotopic (exact) mass is 323 g/mol. The van der Waals surface area contributed by atoms with Gasteiger partial charge in [-0.1, -0.05) is 42.0 Å². The molecule has 0 heterocycles. The summed E-state index contributed by atoms with van der Waals surface area (Å²) in [6.07, 6.45) is 3.07. The van der Waals surface area contributed by atoms with Crippen LogP contribution >= 0.6 is 0 Å². The molecular weight excluding hydrogens is 294 g/mol. The number of aliphatic hydroxyl groups is 1. The van der Waals surface area contributed by atoms with Crippen LogP contribution in [0.4, 0.5) is 0 Å². The van der Waals surface area contributed by atoms with Gasteiger partial charge in [0.25, 0.3) is 0 Å². The van der Waals surface area contributed by atoms with Crippen molar-refractivity contribution in [3.05, 3.63) is 74.8 Å². The molecule has 0 bridgehead atoms. The van der Waals surface area contributed by atoms with Gasteiger partial charge in [0.15, 0.2) is 0 Å². The lowest BCUT2D eigenvalue weighted by molar-refractivity contribution is 0.193. The normalized spacial score (nSPS) is 14.2. The molecule has 2 heteroatoms. The van der Waals surface area contributed by atoms with Gasteiger partial charge in [0.1, 0.15) is 0 Å². The second kappa shape index (κ2) is 7.33. The highest BCUT2D eigenvalue weighted by atomic mass is 16.3. The lowest BCUT2D eigenvalue weighted by Gasteiger charge is -2.19. The molecule has 2 atom stereocenters. The van der Waals surface area contributed by atoms with Crippen molar-refractivity contribution in [2.75, 3.05) is 0 Å². The van der Waals surface area contributed by atoms with E-state index in [0.29, 0.717) is 0 Å². The second-order valence-corrected chi connectivity index (χ2v) is 6.95. The van der Waals surface area contributed by atoms with Gasteiger partial charge >= 0.3 is 0 Å². The molecule has 0 fully saturated rings.